The van der Waals surface area contributed by atoms with Crippen molar-refractivity contribution in [2.75, 3.05) is 13.1 Å². The Balaban J connectivity index is 2.10. The van der Waals surface area contributed by atoms with Gasteiger partial charge in [0, 0.05) is 24.7 Å². The van der Waals surface area contributed by atoms with Crippen LogP contribution >= 0.6 is 0 Å². The average Bonchev–Trinajstić information content (AvgIpc) is 2.17. The van der Waals surface area contributed by atoms with Gasteiger partial charge in [-0.2, -0.15) is 0 Å². The Bertz CT molecular complexity index is 195. The zero-order valence-electron chi connectivity index (χ0n) is 11.8. The summed E-state index contributed by atoms with van der Waals surface area (Å²) in [6, 6.07) is 0.757. The molecule has 0 heterocycles. The van der Waals surface area contributed by atoms with E-state index in [4.69, 9.17) is 0 Å². The molecule has 1 fully saturated rings. The highest BCUT2D eigenvalue weighted by atomic mass is 15.0. The highest BCUT2D eigenvalue weighted by molar-refractivity contribution is 4.80. The van der Waals surface area contributed by atoms with Gasteiger partial charge in [-0.25, -0.2) is 0 Å². The minimum atomic E-state index is 0.246. The smallest absolute Gasteiger partial charge is 0.00970 e. The first-order valence-electron chi connectivity index (χ1n) is 6.87. The quantitative estimate of drug-likeness (QED) is 0.720. The van der Waals surface area contributed by atoms with Gasteiger partial charge in [0.25, 0.3) is 0 Å². The fourth-order valence-electron chi connectivity index (χ4n) is 2.45. The average molecular weight is 226 g/mol. The van der Waals surface area contributed by atoms with Gasteiger partial charge in [0.2, 0.25) is 0 Å². The number of rotatable bonds is 4. The van der Waals surface area contributed by atoms with Crippen molar-refractivity contribution in [2.24, 2.45) is 11.8 Å². The van der Waals surface area contributed by atoms with Gasteiger partial charge in [0.15, 0.2) is 0 Å². The van der Waals surface area contributed by atoms with Gasteiger partial charge in [0.05, 0.1) is 0 Å². The van der Waals surface area contributed by atoms with Crippen LogP contribution in [0, 0.1) is 11.8 Å². The third-order valence-corrected chi connectivity index (χ3v) is 3.81. The molecule has 16 heavy (non-hydrogen) atoms. The van der Waals surface area contributed by atoms with Crippen LogP contribution in [0.1, 0.15) is 53.9 Å². The second-order valence-electron chi connectivity index (χ2n) is 6.60. The third kappa shape index (κ3) is 5.31. The van der Waals surface area contributed by atoms with E-state index in [1.54, 1.807) is 0 Å². The van der Waals surface area contributed by atoms with Crippen molar-refractivity contribution in [3.8, 4) is 0 Å². The third-order valence-electron chi connectivity index (χ3n) is 3.81. The first kappa shape index (κ1) is 14.0. The maximum absolute atomic E-state index is 3.68. The first-order chi connectivity index (χ1) is 7.38. The van der Waals surface area contributed by atoms with Gasteiger partial charge in [-0.05, 0) is 51.9 Å². The highest BCUT2D eigenvalue weighted by Gasteiger charge is 2.23. The molecule has 0 amide bonds. The van der Waals surface area contributed by atoms with Crippen LogP contribution in [0.4, 0.5) is 0 Å². The topological polar surface area (TPSA) is 24.1 Å². The summed E-state index contributed by atoms with van der Waals surface area (Å²) in [7, 11) is 0. The van der Waals surface area contributed by atoms with E-state index >= 15 is 0 Å². The lowest BCUT2D eigenvalue weighted by Crippen LogP contribution is -2.43. The molecule has 2 heteroatoms. The van der Waals surface area contributed by atoms with Crippen LogP contribution in [0.5, 0.6) is 0 Å². The molecular weight excluding hydrogens is 196 g/mol. The minimum Gasteiger partial charge on any atom is -0.313 e. The molecule has 0 aliphatic heterocycles. The van der Waals surface area contributed by atoms with Gasteiger partial charge >= 0.3 is 0 Å². The van der Waals surface area contributed by atoms with Crippen molar-refractivity contribution in [1.82, 2.24) is 10.6 Å². The van der Waals surface area contributed by atoms with Gasteiger partial charge in [0.1, 0.15) is 0 Å². The summed E-state index contributed by atoms with van der Waals surface area (Å²) in [6.45, 7) is 13.6. The van der Waals surface area contributed by atoms with Crippen LogP contribution in [0.2, 0.25) is 0 Å². The van der Waals surface area contributed by atoms with Crippen LogP contribution in [-0.2, 0) is 0 Å². The molecule has 3 unspecified atom stereocenters. The Kier molecular flexibility index (Phi) is 5.26. The van der Waals surface area contributed by atoms with Gasteiger partial charge < -0.3 is 10.6 Å². The zero-order valence-corrected chi connectivity index (χ0v) is 11.8. The predicted molar refractivity (Wildman–Crippen MR) is 71.7 cm³/mol. The van der Waals surface area contributed by atoms with Crippen LogP contribution in [0.25, 0.3) is 0 Å². The van der Waals surface area contributed by atoms with Crippen molar-refractivity contribution >= 4 is 0 Å². The number of hydrogen-bond donors (Lipinski definition) is 2. The van der Waals surface area contributed by atoms with Crippen molar-refractivity contribution < 1.29 is 0 Å². The summed E-state index contributed by atoms with van der Waals surface area (Å²) < 4.78 is 0. The molecule has 2 nitrogen and oxygen atoms in total. The van der Waals surface area contributed by atoms with E-state index < -0.39 is 0 Å². The summed E-state index contributed by atoms with van der Waals surface area (Å²) in [5.41, 5.74) is 0.246. The van der Waals surface area contributed by atoms with E-state index in [9.17, 15) is 0 Å². The van der Waals surface area contributed by atoms with Crippen LogP contribution < -0.4 is 10.6 Å². The van der Waals surface area contributed by atoms with Gasteiger partial charge in [-0.1, -0.05) is 13.8 Å². The van der Waals surface area contributed by atoms with Crippen molar-refractivity contribution in [3.05, 3.63) is 0 Å². The molecule has 0 aromatic carbocycles. The van der Waals surface area contributed by atoms with Gasteiger partial charge in [-0.3, -0.25) is 0 Å². The molecule has 96 valence electrons. The SMILES string of the molecule is CC1CCC(NCCNC(C)(C)C)CC1C. The van der Waals surface area contributed by atoms with Crippen molar-refractivity contribution in [2.45, 2.75) is 65.5 Å². The Labute approximate surface area is 102 Å². The van der Waals surface area contributed by atoms with E-state index in [0.717, 1.165) is 31.0 Å². The Hall–Kier alpha value is -0.0800. The lowest BCUT2D eigenvalue weighted by Gasteiger charge is -2.33. The molecule has 0 aromatic rings. The Morgan fingerprint density at radius 2 is 1.69 bits per heavy atom. The Morgan fingerprint density at radius 1 is 1.00 bits per heavy atom. The van der Waals surface area contributed by atoms with E-state index in [0.29, 0.717) is 0 Å². The second kappa shape index (κ2) is 6.02. The molecule has 0 bridgehead atoms. The molecule has 0 radical (unpaired) electrons. The molecule has 0 aromatic heterocycles. The Morgan fingerprint density at radius 3 is 2.25 bits per heavy atom. The summed E-state index contributed by atoms with van der Waals surface area (Å²) in [4.78, 5) is 0. The molecule has 3 atom stereocenters. The molecule has 0 saturated heterocycles. The second-order valence-corrected chi connectivity index (χ2v) is 6.60. The van der Waals surface area contributed by atoms with E-state index in [1.165, 1.54) is 19.3 Å². The van der Waals surface area contributed by atoms with Crippen LogP contribution in [-0.4, -0.2) is 24.7 Å². The minimum absolute atomic E-state index is 0.246. The summed E-state index contributed by atoms with van der Waals surface area (Å²) >= 11 is 0. The highest BCUT2D eigenvalue weighted by Crippen LogP contribution is 2.29. The first-order valence-corrected chi connectivity index (χ1v) is 6.87. The maximum Gasteiger partial charge on any atom is 0.00970 e. The normalized spacial score (nSPS) is 31.7. The van der Waals surface area contributed by atoms with E-state index in [-0.39, 0.29) is 5.54 Å². The largest absolute Gasteiger partial charge is 0.313 e. The molecule has 0 spiro atoms. The lowest BCUT2D eigenvalue weighted by molar-refractivity contribution is 0.225. The van der Waals surface area contributed by atoms with Crippen LogP contribution in [0.3, 0.4) is 0 Å². The number of nitrogens with one attached hydrogen (secondary N) is 2. The number of hydrogen-bond acceptors (Lipinski definition) is 2. The molecule has 2 N–H and O–H groups in total. The lowest BCUT2D eigenvalue weighted by atomic mass is 9.79. The van der Waals surface area contributed by atoms with Crippen LogP contribution in [0.15, 0.2) is 0 Å². The molecule has 1 aliphatic carbocycles. The fraction of sp³-hybridized carbons (Fsp3) is 1.00. The summed E-state index contributed by atoms with van der Waals surface area (Å²) in [5, 5.41) is 7.20. The molecule has 1 rings (SSSR count). The maximum atomic E-state index is 3.68. The summed E-state index contributed by atoms with van der Waals surface area (Å²) in [6.07, 6.45) is 4.11. The summed E-state index contributed by atoms with van der Waals surface area (Å²) in [5.74, 6) is 1.81. The van der Waals surface area contributed by atoms with Crippen molar-refractivity contribution in [3.63, 3.8) is 0 Å². The predicted octanol–water partition coefficient (Wildman–Crippen LogP) is 2.79. The van der Waals surface area contributed by atoms with Gasteiger partial charge in [-0.15, -0.1) is 0 Å². The fourth-order valence-corrected chi connectivity index (χ4v) is 2.45. The zero-order chi connectivity index (χ0) is 12.2. The molecular formula is C14H30N2. The standard InChI is InChI=1S/C14H30N2/c1-11-6-7-13(10-12(11)2)15-8-9-16-14(3,4)5/h11-13,15-16H,6-10H2,1-5H3. The van der Waals surface area contributed by atoms with Crippen molar-refractivity contribution in [1.29, 1.82) is 0 Å². The molecule has 1 saturated carbocycles. The monoisotopic (exact) mass is 226 g/mol. The van der Waals surface area contributed by atoms with E-state index in [1.807, 2.05) is 0 Å². The molecule has 1 aliphatic rings. The van der Waals surface area contributed by atoms with E-state index in [2.05, 4.69) is 45.3 Å².